The summed E-state index contributed by atoms with van der Waals surface area (Å²) < 4.78 is 0.443. The summed E-state index contributed by atoms with van der Waals surface area (Å²) in [6, 6.07) is 7.84. The molecule has 1 aromatic carbocycles. The highest BCUT2D eigenvalue weighted by Gasteiger charge is 2.03. The summed E-state index contributed by atoms with van der Waals surface area (Å²) in [6.45, 7) is 4.05. The first-order valence-corrected chi connectivity index (χ1v) is 5.38. The van der Waals surface area contributed by atoms with Gasteiger partial charge in [-0.15, -0.1) is 0 Å². The van der Waals surface area contributed by atoms with Gasteiger partial charge >= 0.3 is 5.69 Å². The molecule has 1 aromatic heterocycles. The Kier molecular flexibility index (Phi) is 2.75. The average molecular weight is 232 g/mol. The smallest absolute Gasteiger partial charge is 0.307 e. The lowest BCUT2D eigenvalue weighted by Crippen LogP contribution is -2.10. The van der Waals surface area contributed by atoms with E-state index < -0.39 is 0 Å². The molecule has 0 saturated carbocycles. The Morgan fingerprint density at radius 2 is 1.88 bits per heavy atom. The third kappa shape index (κ3) is 2.12. The maximum absolute atomic E-state index is 11.3. The summed E-state index contributed by atoms with van der Waals surface area (Å²) >= 11 is 4.98. The van der Waals surface area contributed by atoms with E-state index in [1.54, 1.807) is 6.07 Å². The molecule has 82 valence electrons. The highest BCUT2D eigenvalue weighted by atomic mass is 32.1. The molecule has 0 aliphatic carbocycles. The van der Waals surface area contributed by atoms with Crippen molar-refractivity contribution in [3.8, 4) is 11.3 Å². The molecule has 0 saturated heterocycles. The molecule has 2 aromatic rings. The zero-order valence-electron chi connectivity index (χ0n) is 9.13. The lowest BCUT2D eigenvalue weighted by molar-refractivity contribution is 1.06. The third-order valence-electron chi connectivity index (χ3n) is 2.43. The topological polar surface area (TPSA) is 48.6 Å². The molecular weight excluding hydrogens is 220 g/mol. The van der Waals surface area contributed by atoms with E-state index in [4.69, 9.17) is 12.2 Å². The Bertz CT molecular complexity index is 612. The molecule has 0 aliphatic rings. The normalized spacial score (nSPS) is 10.4. The second-order valence-electron chi connectivity index (χ2n) is 3.82. The zero-order valence-corrected chi connectivity index (χ0v) is 9.94. The van der Waals surface area contributed by atoms with Crippen molar-refractivity contribution in [1.29, 1.82) is 0 Å². The number of aromatic amines is 2. The van der Waals surface area contributed by atoms with Crippen LogP contribution in [0.3, 0.4) is 0 Å². The van der Waals surface area contributed by atoms with Crippen LogP contribution in [0.1, 0.15) is 11.1 Å². The van der Waals surface area contributed by atoms with Gasteiger partial charge in [-0.2, -0.15) is 0 Å². The number of hydrogen-bond acceptors (Lipinski definition) is 2. The Morgan fingerprint density at radius 1 is 1.12 bits per heavy atom. The van der Waals surface area contributed by atoms with Gasteiger partial charge in [0.25, 0.3) is 0 Å². The minimum Gasteiger partial charge on any atom is -0.307 e. The molecule has 0 aliphatic heterocycles. The van der Waals surface area contributed by atoms with Crippen molar-refractivity contribution in [1.82, 2.24) is 9.97 Å². The largest absolute Gasteiger partial charge is 0.324 e. The Hall–Kier alpha value is -1.68. The van der Waals surface area contributed by atoms with E-state index in [1.165, 1.54) is 5.56 Å². The van der Waals surface area contributed by atoms with E-state index in [-0.39, 0.29) is 5.69 Å². The fourth-order valence-corrected chi connectivity index (χ4v) is 1.94. The number of hydrogen-bond donors (Lipinski definition) is 2. The molecular formula is C12H12N2OS. The van der Waals surface area contributed by atoms with Crippen LogP contribution in [0.25, 0.3) is 11.3 Å². The van der Waals surface area contributed by atoms with Crippen molar-refractivity contribution < 1.29 is 0 Å². The summed E-state index contributed by atoms with van der Waals surface area (Å²) in [5, 5.41) is 0. The van der Waals surface area contributed by atoms with Crippen LogP contribution in [0.2, 0.25) is 0 Å². The van der Waals surface area contributed by atoms with Crippen molar-refractivity contribution in [2.45, 2.75) is 13.8 Å². The predicted octanol–water partition coefficient (Wildman–Crippen LogP) is 2.72. The molecule has 0 amide bonds. The molecule has 0 fully saturated rings. The zero-order chi connectivity index (χ0) is 11.7. The van der Waals surface area contributed by atoms with Gasteiger partial charge in [-0.1, -0.05) is 36.0 Å². The van der Waals surface area contributed by atoms with Crippen LogP contribution in [0.15, 0.2) is 29.1 Å². The first kappa shape index (κ1) is 10.8. The fraction of sp³-hybridized carbons (Fsp3) is 0.167. The van der Waals surface area contributed by atoms with Crippen molar-refractivity contribution >= 4 is 12.2 Å². The lowest BCUT2D eigenvalue weighted by atomic mass is 10.0. The number of benzene rings is 1. The van der Waals surface area contributed by atoms with Crippen LogP contribution < -0.4 is 5.69 Å². The van der Waals surface area contributed by atoms with E-state index in [2.05, 4.69) is 16.0 Å². The molecule has 0 bridgehead atoms. The van der Waals surface area contributed by atoms with Crippen molar-refractivity contribution in [3.05, 3.63) is 50.5 Å². The van der Waals surface area contributed by atoms with E-state index in [0.717, 1.165) is 16.8 Å². The molecule has 2 N–H and O–H groups in total. The lowest BCUT2D eigenvalue weighted by Gasteiger charge is -2.06. The Morgan fingerprint density at radius 3 is 2.50 bits per heavy atom. The Balaban J connectivity index is 2.67. The molecule has 4 heteroatoms. The molecule has 16 heavy (non-hydrogen) atoms. The summed E-state index contributed by atoms with van der Waals surface area (Å²) in [5.74, 6) is 0. The molecule has 0 atom stereocenters. The first-order valence-electron chi connectivity index (χ1n) is 4.97. The van der Waals surface area contributed by atoms with E-state index in [1.807, 2.05) is 26.0 Å². The maximum Gasteiger partial charge on any atom is 0.324 e. The van der Waals surface area contributed by atoms with Gasteiger partial charge in [0.1, 0.15) is 4.64 Å². The summed E-state index contributed by atoms with van der Waals surface area (Å²) in [7, 11) is 0. The highest BCUT2D eigenvalue weighted by molar-refractivity contribution is 7.71. The SMILES string of the molecule is Cc1ccc(-c2cc(=S)[nH]c(=O)[nH]2)c(C)c1. The molecule has 0 spiro atoms. The predicted molar refractivity (Wildman–Crippen MR) is 67.2 cm³/mol. The van der Waals surface area contributed by atoms with Crippen LogP contribution in [-0.2, 0) is 0 Å². The van der Waals surface area contributed by atoms with Gasteiger partial charge in [0.2, 0.25) is 0 Å². The standard InChI is InChI=1S/C12H12N2OS/c1-7-3-4-9(8(2)5-7)10-6-11(16)14-12(15)13-10/h3-6H,1-2H3,(H2,13,14,15,16). The van der Waals surface area contributed by atoms with Crippen molar-refractivity contribution in [2.24, 2.45) is 0 Å². The quantitative estimate of drug-likeness (QED) is 0.743. The van der Waals surface area contributed by atoms with Gasteiger partial charge in [-0.25, -0.2) is 4.79 Å². The number of nitrogens with one attached hydrogen (secondary N) is 2. The van der Waals surface area contributed by atoms with Crippen molar-refractivity contribution in [3.63, 3.8) is 0 Å². The fourth-order valence-electron chi connectivity index (χ4n) is 1.73. The minimum atomic E-state index is -0.275. The maximum atomic E-state index is 11.3. The van der Waals surface area contributed by atoms with Crippen LogP contribution in [0.4, 0.5) is 0 Å². The van der Waals surface area contributed by atoms with Gasteiger partial charge < -0.3 is 4.98 Å². The summed E-state index contributed by atoms with van der Waals surface area (Å²) in [4.78, 5) is 16.5. The van der Waals surface area contributed by atoms with Crippen LogP contribution >= 0.6 is 12.2 Å². The number of H-pyrrole nitrogens is 2. The molecule has 1 heterocycles. The van der Waals surface area contributed by atoms with Gasteiger partial charge in [0.15, 0.2) is 0 Å². The molecule has 0 unspecified atom stereocenters. The number of rotatable bonds is 1. The first-order chi connectivity index (χ1) is 7.56. The minimum absolute atomic E-state index is 0.275. The number of aromatic nitrogens is 2. The van der Waals surface area contributed by atoms with E-state index >= 15 is 0 Å². The third-order valence-corrected chi connectivity index (χ3v) is 2.65. The summed E-state index contributed by atoms with van der Waals surface area (Å²) in [6.07, 6.45) is 0. The van der Waals surface area contributed by atoms with Crippen LogP contribution in [0.5, 0.6) is 0 Å². The van der Waals surface area contributed by atoms with Gasteiger partial charge in [0, 0.05) is 5.56 Å². The highest BCUT2D eigenvalue weighted by Crippen LogP contribution is 2.21. The van der Waals surface area contributed by atoms with E-state index in [9.17, 15) is 4.79 Å². The second kappa shape index (κ2) is 4.06. The van der Waals surface area contributed by atoms with Crippen LogP contribution in [-0.4, -0.2) is 9.97 Å². The molecule has 0 radical (unpaired) electrons. The average Bonchev–Trinajstić information content (AvgIpc) is 2.15. The monoisotopic (exact) mass is 232 g/mol. The summed E-state index contributed by atoms with van der Waals surface area (Å²) in [5.41, 5.74) is 3.80. The van der Waals surface area contributed by atoms with Gasteiger partial charge in [-0.05, 0) is 25.5 Å². The van der Waals surface area contributed by atoms with E-state index in [0.29, 0.717) is 4.64 Å². The van der Waals surface area contributed by atoms with Crippen LogP contribution in [0, 0.1) is 18.5 Å². The Labute approximate surface area is 98.2 Å². The van der Waals surface area contributed by atoms with Crippen molar-refractivity contribution in [2.75, 3.05) is 0 Å². The van der Waals surface area contributed by atoms with Gasteiger partial charge in [-0.3, -0.25) is 4.98 Å². The molecule has 2 rings (SSSR count). The van der Waals surface area contributed by atoms with Gasteiger partial charge in [0.05, 0.1) is 5.69 Å². The number of aryl methyl sites for hydroxylation is 2. The second-order valence-corrected chi connectivity index (χ2v) is 4.26. The molecule has 3 nitrogen and oxygen atoms in total.